The van der Waals surface area contributed by atoms with Crippen LogP contribution in [-0.2, 0) is 0 Å². The van der Waals surface area contributed by atoms with E-state index in [2.05, 4.69) is 41.5 Å². The number of rotatable bonds is 5. The van der Waals surface area contributed by atoms with Crippen molar-refractivity contribution < 1.29 is 0 Å². The summed E-state index contributed by atoms with van der Waals surface area (Å²) in [5, 5.41) is 6.37. The molecule has 0 radical (unpaired) electrons. The lowest BCUT2D eigenvalue weighted by atomic mass is 10.2. The molecule has 6 nitrogen and oxygen atoms in total. The molecule has 0 bridgehead atoms. The highest BCUT2D eigenvalue weighted by molar-refractivity contribution is 9.10. The van der Waals surface area contributed by atoms with Crippen LogP contribution in [0.1, 0.15) is 12.5 Å². The number of hydrogen-bond donors (Lipinski definition) is 2. The van der Waals surface area contributed by atoms with Crippen molar-refractivity contribution in [3.63, 3.8) is 0 Å². The standard InChI is InChI=1S/C14H19BrN6/c1-5-16-12-18-13(20-14(19-12)21(3)4)17-11-8-10(15)7-6-9(11)2/h6-8H,5H2,1-4H3,(H2,16,17,18,19,20). The summed E-state index contributed by atoms with van der Waals surface area (Å²) in [5.41, 5.74) is 2.08. The van der Waals surface area contributed by atoms with E-state index in [1.165, 1.54) is 0 Å². The highest BCUT2D eigenvalue weighted by Gasteiger charge is 2.09. The average Bonchev–Trinajstić information content (AvgIpc) is 2.43. The smallest absolute Gasteiger partial charge is 0.233 e. The maximum absolute atomic E-state index is 4.42. The summed E-state index contributed by atoms with van der Waals surface area (Å²) >= 11 is 3.47. The molecule has 0 atom stereocenters. The van der Waals surface area contributed by atoms with E-state index in [1.807, 2.05) is 51.0 Å². The van der Waals surface area contributed by atoms with Crippen LogP contribution in [-0.4, -0.2) is 35.6 Å². The molecule has 1 heterocycles. The Bertz CT molecular complexity index is 629. The molecular weight excluding hydrogens is 332 g/mol. The van der Waals surface area contributed by atoms with Crippen LogP contribution in [0.15, 0.2) is 22.7 Å². The van der Waals surface area contributed by atoms with E-state index in [1.54, 1.807) is 0 Å². The molecular formula is C14H19BrN6. The van der Waals surface area contributed by atoms with Crippen molar-refractivity contribution in [3.05, 3.63) is 28.2 Å². The summed E-state index contributed by atoms with van der Waals surface area (Å²) in [5.74, 6) is 1.69. The van der Waals surface area contributed by atoms with Gasteiger partial charge in [-0.25, -0.2) is 0 Å². The molecule has 2 aromatic rings. The van der Waals surface area contributed by atoms with Gasteiger partial charge in [-0.15, -0.1) is 0 Å². The second-order valence-electron chi connectivity index (χ2n) is 4.79. The van der Waals surface area contributed by atoms with Gasteiger partial charge >= 0.3 is 0 Å². The minimum Gasteiger partial charge on any atom is -0.354 e. The summed E-state index contributed by atoms with van der Waals surface area (Å²) in [6, 6.07) is 6.04. The zero-order valence-electron chi connectivity index (χ0n) is 12.6. The predicted octanol–water partition coefficient (Wildman–Crippen LogP) is 3.18. The number of benzene rings is 1. The normalized spacial score (nSPS) is 10.3. The number of nitrogens with one attached hydrogen (secondary N) is 2. The van der Waals surface area contributed by atoms with Crippen LogP contribution in [0.4, 0.5) is 23.5 Å². The van der Waals surface area contributed by atoms with Crippen LogP contribution in [0, 0.1) is 6.92 Å². The Morgan fingerprint density at radius 2 is 1.86 bits per heavy atom. The fourth-order valence-corrected chi connectivity index (χ4v) is 2.07. The van der Waals surface area contributed by atoms with Crippen LogP contribution in [0.5, 0.6) is 0 Å². The zero-order chi connectivity index (χ0) is 15.4. The minimum atomic E-state index is 0.519. The molecule has 1 aromatic carbocycles. The molecule has 0 unspecified atom stereocenters. The molecule has 21 heavy (non-hydrogen) atoms. The van der Waals surface area contributed by atoms with Crippen LogP contribution < -0.4 is 15.5 Å². The largest absolute Gasteiger partial charge is 0.354 e. The van der Waals surface area contributed by atoms with Gasteiger partial charge in [-0.2, -0.15) is 15.0 Å². The van der Waals surface area contributed by atoms with Gasteiger partial charge in [-0.1, -0.05) is 22.0 Å². The molecule has 0 saturated carbocycles. The van der Waals surface area contributed by atoms with Crippen LogP contribution in [0.3, 0.4) is 0 Å². The molecule has 0 aliphatic heterocycles. The molecule has 112 valence electrons. The van der Waals surface area contributed by atoms with Crippen molar-refractivity contribution in [1.29, 1.82) is 0 Å². The first-order valence-corrected chi connectivity index (χ1v) is 7.49. The molecule has 0 fully saturated rings. The number of hydrogen-bond acceptors (Lipinski definition) is 6. The second-order valence-corrected chi connectivity index (χ2v) is 5.71. The monoisotopic (exact) mass is 350 g/mol. The van der Waals surface area contributed by atoms with E-state index in [0.717, 1.165) is 22.3 Å². The Morgan fingerprint density at radius 1 is 1.14 bits per heavy atom. The van der Waals surface area contributed by atoms with Crippen molar-refractivity contribution in [2.75, 3.05) is 36.2 Å². The number of halogens is 1. The van der Waals surface area contributed by atoms with E-state index < -0.39 is 0 Å². The highest BCUT2D eigenvalue weighted by atomic mass is 79.9. The molecule has 2 rings (SSSR count). The number of anilines is 4. The van der Waals surface area contributed by atoms with Crippen molar-refractivity contribution >= 4 is 39.5 Å². The van der Waals surface area contributed by atoms with E-state index in [0.29, 0.717) is 17.8 Å². The van der Waals surface area contributed by atoms with Crippen molar-refractivity contribution in [3.8, 4) is 0 Å². The highest BCUT2D eigenvalue weighted by Crippen LogP contribution is 2.24. The zero-order valence-corrected chi connectivity index (χ0v) is 14.2. The van der Waals surface area contributed by atoms with Gasteiger partial charge in [0, 0.05) is 30.8 Å². The summed E-state index contributed by atoms with van der Waals surface area (Å²) in [6.07, 6.45) is 0. The van der Waals surface area contributed by atoms with Crippen LogP contribution >= 0.6 is 15.9 Å². The van der Waals surface area contributed by atoms with E-state index in [-0.39, 0.29) is 0 Å². The Balaban J connectivity index is 2.36. The molecule has 1 aromatic heterocycles. The van der Waals surface area contributed by atoms with Crippen LogP contribution in [0.2, 0.25) is 0 Å². The lowest BCUT2D eigenvalue weighted by molar-refractivity contribution is 0.953. The van der Waals surface area contributed by atoms with Gasteiger partial charge in [0.15, 0.2) is 0 Å². The molecule has 0 spiro atoms. The molecule has 7 heteroatoms. The molecule has 0 saturated heterocycles. The SMILES string of the molecule is CCNc1nc(Nc2cc(Br)ccc2C)nc(N(C)C)n1. The van der Waals surface area contributed by atoms with E-state index in [4.69, 9.17) is 0 Å². The predicted molar refractivity (Wildman–Crippen MR) is 90.5 cm³/mol. The average molecular weight is 351 g/mol. The minimum absolute atomic E-state index is 0.519. The summed E-state index contributed by atoms with van der Waals surface area (Å²) < 4.78 is 1.00. The maximum Gasteiger partial charge on any atom is 0.233 e. The maximum atomic E-state index is 4.42. The van der Waals surface area contributed by atoms with Gasteiger partial charge < -0.3 is 15.5 Å². The van der Waals surface area contributed by atoms with Crippen molar-refractivity contribution in [2.24, 2.45) is 0 Å². The quantitative estimate of drug-likeness (QED) is 0.863. The Kier molecular flexibility index (Phi) is 4.95. The van der Waals surface area contributed by atoms with E-state index in [9.17, 15) is 0 Å². The molecule has 0 aliphatic carbocycles. The fraction of sp³-hybridized carbons (Fsp3) is 0.357. The number of aryl methyl sites for hydroxylation is 1. The number of aromatic nitrogens is 3. The van der Waals surface area contributed by atoms with Gasteiger partial charge in [0.2, 0.25) is 17.8 Å². The first-order chi connectivity index (χ1) is 9.99. The van der Waals surface area contributed by atoms with Gasteiger partial charge in [-0.05, 0) is 31.5 Å². The van der Waals surface area contributed by atoms with Crippen molar-refractivity contribution in [2.45, 2.75) is 13.8 Å². The Labute approximate surface area is 133 Å². The van der Waals surface area contributed by atoms with E-state index >= 15 is 0 Å². The summed E-state index contributed by atoms with van der Waals surface area (Å²) in [7, 11) is 3.80. The Morgan fingerprint density at radius 3 is 2.52 bits per heavy atom. The summed E-state index contributed by atoms with van der Waals surface area (Å²) in [6.45, 7) is 4.80. The third-order valence-corrected chi connectivity index (χ3v) is 3.30. The summed E-state index contributed by atoms with van der Waals surface area (Å²) in [4.78, 5) is 15.0. The molecule has 2 N–H and O–H groups in total. The molecule has 0 amide bonds. The van der Waals surface area contributed by atoms with Gasteiger partial charge in [0.05, 0.1) is 0 Å². The van der Waals surface area contributed by atoms with Crippen LogP contribution in [0.25, 0.3) is 0 Å². The first-order valence-electron chi connectivity index (χ1n) is 6.70. The van der Waals surface area contributed by atoms with Gasteiger partial charge in [-0.3, -0.25) is 0 Å². The van der Waals surface area contributed by atoms with Crippen molar-refractivity contribution in [1.82, 2.24) is 15.0 Å². The topological polar surface area (TPSA) is 66.0 Å². The second kappa shape index (κ2) is 6.71. The Hall–Kier alpha value is -1.89. The third-order valence-electron chi connectivity index (χ3n) is 2.80. The lowest BCUT2D eigenvalue weighted by Crippen LogP contribution is -2.16. The lowest BCUT2D eigenvalue weighted by Gasteiger charge is -2.14. The number of nitrogens with zero attached hydrogens (tertiary/aromatic N) is 4. The fourth-order valence-electron chi connectivity index (χ4n) is 1.71. The molecule has 0 aliphatic rings. The third kappa shape index (κ3) is 4.04. The van der Waals surface area contributed by atoms with Gasteiger partial charge in [0.25, 0.3) is 0 Å². The first kappa shape index (κ1) is 15.5. The van der Waals surface area contributed by atoms with Gasteiger partial charge in [0.1, 0.15) is 0 Å².